The number of methoxy groups -OCH3 is 2. The van der Waals surface area contributed by atoms with Crippen molar-refractivity contribution in [2.75, 3.05) is 45.3 Å². The Balaban J connectivity index is 1.41. The Bertz CT molecular complexity index is 1620. The van der Waals surface area contributed by atoms with Gasteiger partial charge < -0.3 is 28.9 Å². The number of carbonyl (C=O) groups excluding carboxylic acids is 1. The van der Waals surface area contributed by atoms with Crippen LogP contribution in [0.2, 0.25) is 0 Å². The molecule has 0 spiro atoms. The van der Waals surface area contributed by atoms with Gasteiger partial charge in [0.05, 0.1) is 33.1 Å². The summed E-state index contributed by atoms with van der Waals surface area (Å²) in [6.45, 7) is 3.33. The zero-order valence-corrected chi connectivity index (χ0v) is 22.4. The van der Waals surface area contributed by atoms with Gasteiger partial charge in [0, 0.05) is 49.0 Å². The minimum Gasteiger partial charge on any atom is -0.502 e. The van der Waals surface area contributed by atoms with Gasteiger partial charge in [-0.15, -0.1) is 0 Å². The maximum Gasteiger partial charge on any atom is 0.306 e. The molecule has 1 fully saturated rings. The van der Waals surface area contributed by atoms with Crippen LogP contribution in [0, 0.1) is 0 Å². The van der Waals surface area contributed by atoms with Gasteiger partial charge in [0.15, 0.2) is 5.76 Å². The fraction of sp³-hybridized carbons (Fsp3) is 0.300. The van der Waals surface area contributed by atoms with Gasteiger partial charge in [0.2, 0.25) is 11.2 Å². The van der Waals surface area contributed by atoms with E-state index < -0.39 is 28.6 Å². The third-order valence-electron chi connectivity index (χ3n) is 7.26. The van der Waals surface area contributed by atoms with Gasteiger partial charge in [-0.1, -0.05) is 18.2 Å². The molecule has 0 unspecified atom stereocenters. The zero-order chi connectivity index (χ0) is 28.2. The standard InChI is InChI=1S/C30H31N3O7/c1-38-21-9-7-20(8-10-21)33-13-11-32(12-14-33)18-22-16-26(34)28(36)29(40-22)23(17-27(35)39-2)24-15-19-5-3-4-6-25(19)31-30(24)37/h3-10,15-16,23,36H,11-14,17-18H2,1-2H3,(H,31,37)/t23-/m0/s1. The molecule has 10 nitrogen and oxygen atoms in total. The van der Waals surface area contributed by atoms with E-state index in [-0.39, 0.29) is 17.7 Å². The second-order valence-electron chi connectivity index (χ2n) is 9.72. The van der Waals surface area contributed by atoms with Crippen LogP contribution in [0.15, 0.2) is 74.7 Å². The number of aromatic amines is 1. The molecule has 0 saturated carbocycles. The van der Waals surface area contributed by atoms with Crippen molar-refractivity contribution < 1.29 is 23.8 Å². The summed E-state index contributed by atoms with van der Waals surface area (Å²) in [7, 11) is 2.88. The number of rotatable bonds is 8. The smallest absolute Gasteiger partial charge is 0.306 e. The summed E-state index contributed by atoms with van der Waals surface area (Å²) in [5.74, 6) is -1.26. The van der Waals surface area contributed by atoms with E-state index in [9.17, 15) is 19.5 Å². The average molecular weight is 546 g/mol. The Morgan fingerprint density at radius 2 is 1.75 bits per heavy atom. The van der Waals surface area contributed by atoms with Crippen LogP contribution in [0.3, 0.4) is 0 Å². The van der Waals surface area contributed by atoms with Crippen molar-refractivity contribution in [2.24, 2.45) is 0 Å². The molecule has 2 N–H and O–H groups in total. The lowest BCUT2D eigenvalue weighted by molar-refractivity contribution is -0.140. The van der Waals surface area contributed by atoms with Crippen LogP contribution in [0.25, 0.3) is 10.9 Å². The number of benzene rings is 2. The minimum atomic E-state index is -1.03. The van der Waals surface area contributed by atoms with Crippen LogP contribution in [0.4, 0.5) is 5.69 Å². The first-order valence-electron chi connectivity index (χ1n) is 13.0. The predicted octanol–water partition coefficient (Wildman–Crippen LogP) is 3.21. The summed E-state index contributed by atoms with van der Waals surface area (Å²) >= 11 is 0. The number of nitrogens with zero attached hydrogens (tertiary/aromatic N) is 2. The van der Waals surface area contributed by atoms with Crippen LogP contribution in [-0.2, 0) is 16.1 Å². The zero-order valence-electron chi connectivity index (χ0n) is 22.4. The molecule has 2 aromatic carbocycles. The third-order valence-corrected chi connectivity index (χ3v) is 7.26. The minimum absolute atomic E-state index is 0.134. The van der Waals surface area contributed by atoms with Crippen LogP contribution < -0.4 is 20.6 Å². The number of hydrogen-bond donors (Lipinski definition) is 2. The van der Waals surface area contributed by atoms with Gasteiger partial charge in [-0.3, -0.25) is 19.3 Å². The Kier molecular flexibility index (Phi) is 7.88. The molecule has 1 aliphatic heterocycles. The lowest BCUT2D eigenvalue weighted by atomic mass is 9.92. The number of esters is 1. The molecule has 0 bridgehead atoms. The number of para-hydroxylation sites is 1. The number of carbonyl (C=O) groups is 1. The highest BCUT2D eigenvalue weighted by Gasteiger charge is 2.29. The number of H-pyrrole nitrogens is 1. The van der Waals surface area contributed by atoms with Gasteiger partial charge in [0.1, 0.15) is 11.5 Å². The second-order valence-corrected chi connectivity index (χ2v) is 9.72. The number of fused-ring (bicyclic) bond motifs is 1. The van der Waals surface area contributed by atoms with E-state index in [0.29, 0.717) is 17.8 Å². The lowest BCUT2D eigenvalue weighted by Crippen LogP contribution is -2.46. The van der Waals surface area contributed by atoms with Crippen LogP contribution >= 0.6 is 0 Å². The highest BCUT2D eigenvalue weighted by molar-refractivity contribution is 5.79. The Hall–Kier alpha value is -4.57. The van der Waals surface area contributed by atoms with Crippen LogP contribution in [0.1, 0.15) is 29.4 Å². The molecule has 0 aliphatic carbocycles. The van der Waals surface area contributed by atoms with Crippen molar-refractivity contribution in [3.05, 3.63) is 98.3 Å². The molecule has 1 saturated heterocycles. The summed E-state index contributed by atoms with van der Waals surface area (Å²) in [4.78, 5) is 45.5. The van der Waals surface area contributed by atoms with Crippen molar-refractivity contribution in [3.63, 3.8) is 0 Å². The molecule has 0 radical (unpaired) electrons. The van der Waals surface area contributed by atoms with Gasteiger partial charge in [-0.2, -0.15) is 0 Å². The Morgan fingerprint density at radius 1 is 1.02 bits per heavy atom. The first-order chi connectivity index (χ1) is 19.4. The fourth-order valence-electron chi connectivity index (χ4n) is 5.06. The van der Waals surface area contributed by atoms with Crippen LogP contribution in [-0.4, -0.2) is 61.4 Å². The van der Waals surface area contributed by atoms with Crippen molar-refractivity contribution in [2.45, 2.75) is 18.9 Å². The Labute approximate surface area is 230 Å². The number of pyridine rings is 1. The van der Waals surface area contributed by atoms with E-state index in [2.05, 4.69) is 14.8 Å². The SMILES string of the molecule is COC(=O)C[C@H](c1oc(CN2CCN(c3ccc(OC)cc3)CC2)cc(=O)c1O)c1cc2ccccc2[nH]c1=O. The van der Waals surface area contributed by atoms with E-state index in [1.54, 1.807) is 25.3 Å². The van der Waals surface area contributed by atoms with E-state index in [1.165, 1.54) is 13.2 Å². The molecule has 4 aromatic rings. The Morgan fingerprint density at radius 3 is 2.45 bits per heavy atom. The molecular formula is C30H31N3O7. The first-order valence-corrected chi connectivity index (χ1v) is 13.0. The van der Waals surface area contributed by atoms with Gasteiger partial charge >= 0.3 is 5.97 Å². The van der Waals surface area contributed by atoms with E-state index in [0.717, 1.165) is 43.0 Å². The van der Waals surface area contributed by atoms with Gasteiger partial charge in [-0.25, -0.2) is 0 Å². The predicted molar refractivity (Wildman–Crippen MR) is 150 cm³/mol. The van der Waals surface area contributed by atoms with Gasteiger partial charge in [-0.05, 0) is 41.8 Å². The van der Waals surface area contributed by atoms with E-state index >= 15 is 0 Å². The van der Waals surface area contributed by atoms with Crippen molar-refractivity contribution >= 4 is 22.6 Å². The molecule has 0 amide bonds. The normalized spacial score (nSPS) is 14.7. The summed E-state index contributed by atoms with van der Waals surface area (Å²) in [5.41, 5.74) is 0.828. The van der Waals surface area contributed by atoms with Crippen LogP contribution in [0.5, 0.6) is 11.5 Å². The number of aromatic hydroxyl groups is 1. The van der Waals surface area contributed by atoms with E-state index in [4.69, 9.17) is 13.9 Å². The molecule has 1 aliphatic rings. The average Bonchev–Trinajstić information content (AvgIpc) is 2.98. The molecule has 3 heterocycles. The fourth-order valence-corrected chi connectivity index (χ4v) is 5.06. The first kappa shape index (κ1) is 27.0. The number of hydrogen-bond acceptors (Lipinski definition) is 9. The summed E-state index contributed by atoms with van der Waals surface area (Å²) in [6.07, 6.45) is -0.293. The number of ether oxygens (including phenoxy) is 2. The van der Waals surface area contributed by atoms with Crippen molar-refractivity contribution in [1.82, 2.24) is 9.88 Å². The monoisotopic (exact) mass is 545 g/mol. The lowest BCUT2D eigenvalue weighted by Gasteiger charge is -2.36. The highest BCUT2D eigenvalue weighted by atomic mass is 16.5. The molecule has 2 aromatic heterocycles. The number of aromatic nitrogens is 1. The molecule has 40 heavy (non-hydrogen) atoms. The number of nitrogens with one attached hydrogen (secondary N) is 1. The maximum atomic E-state index is 13.1. The van der Waals surface area contributed by atoms with Crippen molar-refractivity contribution in [3.8, 4) is 11.5 Å². The quantitative estimate of drug-likeness (QED) is 0.321. The maximum absolute atomic E-state index is 13.1. The molecule has 208 valence electrons. The number of anilines is 1. The largest absolute Gasteiger partial charge is 0.502 e. The second kappa shape index (κ2) is 11.7. The number of piperazine rings is 1. The van der Waals surface area contributed by atoms with Crippen molar-refractivity contribution in [1.29, 1.82) is 0 Å². The molecule has 10 heteroatoms. The summed E-state index contributed by atoms with van der Waals surface area (Å²) in [6, 6.07) is 18.0. The highest BCUT2D eigenvalue weighted by Crippen LogP contribution is 2.33. The summed E-state index contributed by atoms with van der Waals surface area (Å²) < 4.78 is 16.2. The molecule has 5 rings (SSSR count). The topological polar surface area (TPSA) is 125 Å². The van der Waals surface area contributed by atoms with Gasteiger partial charge in [0.25, 0.3) is 5.56 Å². The van der Waals surface area contributed by atoms with E-state index in [1.807, 2.05) is 36.4 Å². The summed E-state index contributed by atoms with van der Waals surface area (Å²) in [5, 5.41) is 11.5. The molecule has 1 atom stereocenters. The molecular weight excluding hydrogens is 514 g/mol. The third kappa shape index (κ3) is 5.72.